The van der Waals surface area contributed by atoms with Gasteiger partial charge in [0.1, 0.15) is 30.3 Å². The van der Waals surface area contributed by atoms with Crippen LogP contribution < -0.4 is 4.74 Å². The number of hydrogen-bond acceptors (Lipinski definition) is 14. The second kappa shape index (κ2) is 24.2. The van der Waals surface area contributed by atoms with Crippen molar-refractivity contribution in [2.75, 3.05) is 6.54 Å². The van der Waals surface area contributed by atoms with Gasteiger partial charge in [0.15, 0.2) is 0 Å². The first-order valence-electron chi connectivity index (χ1n) is 24.3. The highest BCUT2D eigenvalue weighted by atomic mass is 35.5. The number of aliphatic hydroxyl groups excluding tert-OH is 1. The molecule has 0 radical (unpaired) electrons. The highest BCUT2D eigenvalue weighted by molar-refractivity contribution is 7.18. The van der Waals surface area contributed by atoms with E-state index in [1.54, 1.807) is 37.3 Å². The van der Waals surface area contributed by atoms with Crippen molar-refractivity contribution in [3.63, 3.8) is 0 Å². The first kappa shape index (κ1) is 53.4. The smallest absolute Gasteiger partial charge is 0.457 e. The summed E-state index contributed by atoms with van der Waals surface area (Å²) in [6.45, 7) is 13.1. The van der Waals surface area contributed by atoms with E-state index in [1.165, 1.54) is 29.2 Å². The number of thiazole rings is 1. The van der Waals surface area contributed by atoms with Crippen LogP contribution >= 0.6 is 22.9 Å². The molecule has 14 nitrogen and oxygen atoms in total. The van der Waals surface area contributed by atoms with Gasteiger partial charge < -0.3 is 28.8 Å². The normalized spacial score (nSPS) is 25.3. The Bertz CT molecular complexity index is 2360. The van der Waals surface area contributed by atoms with Gasteiger partial charge in [-0.1, -0.05) is 81.7 Å². The van der Waals surface area contributed by atoms with E-state index in [1.807, 2.05) is 39.0 Å². The summed E-state index contributed by atoms with van der Waals surface area (Å²) >= 11 is 8.07. The zero-order chi connectivity index (χ0) is 49.9. The molecular formula is C53H67ClN2O12S. The zero-order valence-corrected chi connectivity index (χ0v) is 42.1. The maximum absolute atomic E-state index is 14.6. The molecule has 0 aliphatic carbocycles. The van der Waals surface area contributed by atoms with Gasteiger partial charge in [-0.05, 0) is 101 Å². The van der Waals surface area contributed by atoms with Crippen LogP contribution in [0.25, 0.3) is 10.2 Å². The number of hydrogen-bond donors (Lipinski definition) is 1. The molecule has 0 saturated carbocycles. The maximum atomic E-state index is 14.6. The molecule has 1 aromatic heterocycles. The molecule has 6 rings (SSSR count). The predicted molar refractivity (Wildman–Crippen MR) is 261 cm³/mol. The Hall–Kier alpha value is -4.96. The summed E-state index contributed by atoms with van der Waals surface area (Å²) in [7, 11) is 0. The number of unbranched alkanes of at least 4 members (excludes halogenated alkanes) is 7. The first-order chi connectivity index (χ1) is 32.9. The van der Waals surface area contributed by atoms with Crippen LogP contribution in [0, 0.1) is 24.2 Å². The number of ketones is 1. The van der Waals surface area contributed by atoms with Gasteiger partial charge in [0, 0.05) is 37.5 Å². The zero-order valence-electron chi connectivity index (χ0n) is 40.5. The Kier molecular flexibility index (Phi) is 18.8. The average Bonchev–Trinajstić information content (AvgIpc) is 3.58. The molecule has 2 aromatic carbocycles. The largest absolute Gasteiger partial charge is 0.508 e. The van der Waals surface area contributed by atoms with Crippen molar-refractivity contribution in [2.24, 2.45) is 17.3 Å². The van der Waals surface area contributed by atoms with Crippen molar-refractivity contribution < 1.29 is 57.6 Å². The van der Waals surface area contributed by atoms with E-state index in [4.69, 9.17) is 35.3 Å². The standard InChI is InChI=1S/C53H67ClN2O12S/c1-7-17-37-49(61)33(2)18-16-26-53(6)44(68-53)30-41(36-21-23-42-39(29-36)55-34(3)69-42)66-48(60)31-43(52(4,5)50(37)62)67-51(63)64-32-35-20-22-40(38(54)28-35)65-47(59)19-14-12-10-8-9-11-13-15-27-56-45(57)24-25-46(56)58/h7,20-25,28-29,33,37,41,43-44,49,61H,1,8-19,26-27,30-32H2,2-6H3/t33-,37+,41-,43-,44+,49-,53-/m0/s1. The summed E-state index contributed by atoms with van der Waals surface area (Å²) in [5.74, 6) is -3.00. The molecule has 1 N–H and O–H groups in total. The number of cyclic esters (lactones) is 1. The van der Waals surface area contributed by atoms with Crippen molar-refractivity contribution in [2.45, 2.75) is 168 Å². The number of Topliss-reactive ketones (excluding diaryl/α,β-unsaturated/α-hetero) is 1. The quantitative estimate of drug-likeness (QED) is 0.0317. The monoisotopic (exact) mass is 990 g/mol. The van der Waals surface area contributed by atoms with Crippen LogP contribution in [0.3, 0.4) is 0 Å². The highest BCUT2D eigenvalue weighted by Gasteiger charge is 2.53. The van der Waals surface area contributed by atoms with Gasteiger partial charge in [-0.2, -0.15) is 0 Å². The van der Waals surface area contributed by atoms with Crippen LogP contribution in [0.5, 0.6) is 5.75 Å². The van der Waals surface area contributed by atoms with Gasteiger partial charge in [-0.15, -0.1) is 17.9 Å². The number of ether oxygens (including phenoxy) is 5. The number of epoxide rings is 1. The second-order valence-corrected chi connectivity index (χ2v) is 21.1. The number of esters is 2. The lowest BCUT2D eigenvalue weighted by atomic mass is 9.71. The summed E-state index contributed by atoms with van der Waals surface area (Å²) < 4.78 is 30.4. The molecule has 2 fully saturated rings. The summed E-state index contributed by atoms with van der Waals surface area (Å²) in [5, 5.41) is 12.7. The van der Waals surface area contributed by atoms with Gasteiger partial charge in [0.25, 0.3) is 11.8 Å². The van der Waals surface area contributed by atoms with E-state index in [0.717, 1.165) is 78.6 Å². The molecule has 2 amide bonds. The fraction of sp³-hybridized carbons (Fsp3) is 0.566. The first-order valence-corrected chi connectivity index (χ1v) is 25.5. The van der Waals surface area contributed by atoms with E-state index in [9.17, 15) is 33.9 Å². The number of carbonyl (C=O) groups is 6. The number of benzene rings is 2. The minimum atomic E-state index is -1.50. The number of aryl methyl sites for hydroxylation is 1. The SMILES string of the molecule is C=CC[C@H]1C(=O)C(C)(C)[C@@H](OC(=O)OCc2ccc(OC(=O)CCCCCCCCCCN3C(=O)C=CC3=O)c(Cl)c2)CC(=O)O[C@H](c2ccc3sc(C)nc3c2)C[C@H]2O[C@@]2(C)CCC[C@H](C)[C@@H]1O. The molecule has 2 saturated heterocycles. The Morgan fingerprint density at radius 2 is 1.68 bits per heavy atom. The van der Waals surface area contributed by atoms with E-state index in [0.29, 0.717) is 31.4 Å². The van der Waals surface area contributed by atoms with E-state index >= 15 is 0 Å². The number of carbonyl (C=O) groups excluding carboxylic acids is 6. The van der Waals surface area contributed by atoms with Gasteiger partial charge in [0.2, 0.25) is 0 Å². The molecule has 4 heterocycles. The van der Waals surface area contributed by atoms with Crippen molar-refractivity contribution in [1.29, 1.82) is 0 Å². The molecular weight excluding hydrogens is 924 g/mol. The maximum Gasteiger partial charge on any atom is 0.508 e. The van der Waals surface area contributed by atoms with Crippen LogP contribution in [-0.2, 0) is 49.5 Å². The van der Waals surface area contributed by atoms with Gasteiger partial charge in [-0.25, -0.2) is 9.78 Å². The van der Waals surface area contributed by atoms with Crippen LogP contribution in [0.2, 0.25) is 5.02 Å². The third kappa shape index (κ3) is 14.6. The van der Waals surface area contributed by atoms with Crippen LogP contribution in [-0.4, -0.2) is 81.1 Å². The third-order valence-corrected chi connectivity index (χ3v) is 15.0. The molecule has 0 unspecified atom stereocenters. The average molecular weight is 992 g/mol. The van der Waals surface area contributed by atoms with E-state index < -0.39 is 65.5 Å². The number of fused-ring (bicyclic) bond motifs is 2. The molecule has 3 aliphatic heterocycles. The predicted octanol–water partition coefficient (Wildman–Crippen LogP) is 10.8. The van der Waals surface area contributed by atoms with Gasteiger partial charge >= 0.3 is 18.1 Å². The van der Waals surface area contributed by atoms with Crippen LogP contribution in [0.1, 0.15) is 146 Å². The fourth-order valence-electron chi connectivity index (χ4n) is 9.31. The van der Waals surface area contributed by atoms with Crippen LogP contribution in [0.4, 0.5) is 4.79 Å². The Labute approximate surface area is 414 Å². The number of aromatic nitrogens is 1. The summed E-state index contributed by atoms with van der Waals surface area (Å²) in [5.41, 5.74) is 0.0594. The molecule has 0 spiro atoms. The van der Waals surface area contributed by atoms with Crippen molar-refractivity contribution in [3.05, 3.63) is 82.4 Å². The lowest BCUT2D eigenvalue weighted by Crippen LogP contribution is -2.48. The highest BCUT2D eigenvalue weighted by Crippen LogP contribution is 2.47. The Morgan fingerprint density at radius 3 is 2.38 bits per heavy atom. The Balaban J connectivity index is 1.04. The van der Waals surface area contributed by atoms with Gasteiger partial charge in [0.05, 0.1) is 49.9 Å². The van der Waals surface area contributed by atoms with Gasteiger partial charge in [-0.3, -0.25) is 28.9 Å². The van der Waals surface area contributed by atoms with Crippen molar-refractivity contribution >= 4 is 68.8 Å². The number of halogens is 1. The second-order valence-electron chi connectivity index (χ2n) is 19.5. The third-order valence-electron chi connectivity index (χ3n) is 13.7. The summed E-state index contributed by atoms with van der Waals surface area (Å²) in [6.07, 6.45) is 9.41. The molecule has 3 aromatic rings. The van der Waals surface area contributed by atoms with Crippen molar-refractivity contribution in [3.8, 4) is 5.75 Å². The molecule has 69 heavy (non-hydrogen) atoms. The molecule has 0 bridgehead atoms. The minimum absolute atomic E-state index is 0.135. The number of allylic oxidation sites excluding steroid dienone is 1. The molecule has 374 valence electrons. The fourth-order valence-corrected chi connectivity index (χ4v) is 10.4. The number of nitrogens with zero attached hydrogens (tertiary/aromatic N) is 2. The van der Waals surface area contributed by atoms with Crippen molar-refractivity contribution in [1.82, 2.24) is 9.88 Å². The summed E-state index contributed by atoms with van der Waals surface area (Å²) in [4.78, 5) is 84.0. The Morgan fingerprint density at radius 1 is 0.986 bits per heavy atom. The number of amides is 2. The lowest BCUT2D eigenvalue weighted by Gasteiger charge is -2.37. The minimum Gasteiger partial charge on any atom is -0.457 e. The molecule has 16 heteroatoms. The van der Waals surface area contributed by atoms with E-state index in [2.05, 4.69) is 11.6 Å². The summed E-state index contributed by atoms with van der Waals surface area (Å²) in [6, 6.07) is 10.4. The number of imide groups is 1. The molecule has 7 atom stereocenters. The van der Waals surface area contributed by atoms with Crippen LogP contribution in [0.15, 0.2) is 61.2 Å². The topological polar surface area (TPSA) is 188 Å². The molecule has 3 aliphatic rings. The van der Waals surface area contributed by atoms with E-state index in [-0.39, 0.29) is 54.1 Å². The number of rotatable bonds is 18. The lowest BCUT2D eigenvalue weighted by molar-refractivity contribution is -0.157. The number of aliphatic hydroxyl groups is 1.